The molecule has 8 nitrogen and oxygen atoms in total. The van der Waals surface area contributed by atoms with Crippen LogP contribution in [0, 0.1) is 6.92 Å². The average Bonchev–Trinajstić information content (AvgIpc) is 3.37. The molecule has 1 N–H and O–H groups in total. The number of hydrogen-bond donors (Lipinski definition) is 1. The Bertz CT molecular complexity index is 1220. The lowest BCUT2D eigenvalue weighted by molar-refractivity contribution is -0.136. The molecule has 5 rings (SSSR count). The zero-order valence-electron chi connectivity index (χ0n) is 18.3. The summed E-state index contributed by atoms with van der Waals surface area (Å²) >= 11 is 0. The highest BCUT2D eigenvalue weighted by molar-refractivity contribution is 5.97. The van der Waals surface area contributed by atoms with E-state index >= 15 is 0 Å². The molecule has 0 spiro atoms. The minimum Gasteiger partial charge on any atom is -0.493 e. The number of carbonyl (C=O) groups is 1. The Kier molecular flexibility index (Phi) is 4.77. The highest BCUT2D eigenvalue weighted by Gasteiger charge is 2.42. The fourth-order valence-corrected chi connectivity index (χ4v) is 4.46. The monoisotopic (exact) mass is 433 g/mol. The number of rotatable bonds is 5. The number of hydrogen-bond acceptors (Lipinski definition) is 7. The maximum Gasteiger partial charge on any atom is 0.337 e. The number of fused-ring (bicyclic) bond motifs is 1. The molecular formula is C24H23N3O5. The maximum atomic E-state index is 12.8. The number of benzene rings is 2. The van der Waals surface area contributed by atoms with Crippen molar-refractivity contribution in [3.05, 3.63) is 70.6 Å². The molecule has 164 valence electrons. The third kappa shape index (κ3) is 2.90. The summed E-state index contributed by atoms with van der Waals surface area (Å²) < 4.78 is 23.9. The maximum absolute atomic E-state index is 12.8. The summed E-state index contributed by atoms with van der Waals surface area (Å²) in [5.74, 6) is 1.59. The lowest BCUT2D eigenvalue weighted by atomic mass is 9.81. The van der Waals surface area contributed by atoms with Crippen molar-refractivity contribution in [2.45, 2.75) is 12.8 Å². The summed E-state index contributed by atoms with van der Waals surface area (Å²) in [6, 6.07) is 13.6. The van der Waals surface area contributed by atoms with Gasteiger partial charge in [0, 0.05) is 11.5 Å². The second-order valence-electron chi connectivity index (χ2n) is 7.58. The van der Waals surface area contributed by atoms with Crippen LogP contribution in [0.1, 0.15) is 22.7 Å². The standard InChI is InChI=1S/C24H23N3O5/c1-13-19-20(14-10-17(29-2)22(31-4)18(11-14)30-3)21-16(12-32-24(21)28)25-23(19)27(26-13)15-8-6-5-7-9-15/h5-11,20,25H,12H2,1-4H3. The van der Waals surface area contributed by atoms with Crippen molar-refractivity contribution >= 4 is 11.8 Å². The van der Waals surface area contributed by atoms with Gasteiger partial charge in [0.25, 0.3) is 0 Å². The van der Waals surface area contributed by atoms with Gasteiger partial charge in [-0.05, 0) is 36.8 Å². The lowest BCUT2D eigenvalue weighted by Crippen LogP contribution is -2.21. The molecule has 1 atom stereocenters. The number of nitrogens with zero attached hydrogens (tertiary/aromatic N) is 2. The van der Waals surface area contributed by atoms with Crippen LogP contribution in [0.2, 0.25) is 0 Å². The third-order valence-corrected chi connectivity index (χ3v) is 5.87. The molecule has 1 unspecified atom stereocenters. The molecule has 0 amide bonds. The molecule has 0 bridgehead atoms. The minimum atomic E-state index is -0.401. The van der Waals surface area contributed by atoms with Crippen molar-refractivity contribution in [3.63, 3.8) is 0 Å². The summed E-state index contributed by atoms with van der Waals surface area (Å²) in [5, 5.41) is 8.20. The molecule has 0 aliphatic carbocycles. The number of aromatic nitrogens is 2. The number of aryl methyl sites for hydroxylation is 1. The molecule has 0 fully saturated rings. The van der Waals surface area contributed by atoms with E-state index in [1.54, 1.807) is 21.3 Å². The van der Waals surface area contributed by atoms with Gasteiger partial charge in [0.05, 0.1) is 44.0 Å². The summed E-state index contributed by atoms with van der Waals surface area (Å²) in [5.41, 5.74) is 4.76. The van der Waals surface area contributed by atoms with Gasteiger partial charge in [0.15, 0.2) is 11.5 Å². The van der Waals surface area contributed by atoms with E-state index in [2.05, 4.69) is 5.32 Å². The van der Waals surface area contributed by atoms with Crippen LogP contribution in [-0.4, -0.2) is 43.7 Å². The van der Waals surface area contributed by atoms with Crippen molar-refractivity contribution in [2.24, 2.45) is 0 Å². The number of cyclic esters (lactones) is 1. The Morgan fingerprint density at radius 2 is 1.75 bits per heavy atom. The van der Waals surface area contributed by atoms with Gasteiger partial charge in [-0.3, -0.25) is 0 Å². The van der Waals surface area contributed by atoms with Crippen LogP contribution >= 0.6 is 0 Å². The number of methoxy groups -OCH3 is 3. The molecule has 0 saturated carbocycles. The van der Waals surface area contributed by atoms with Crippen LogP contribution in [0.25, 0.3) is 5.69 Å². The van der Waals surface area contributed by atoms with E-state index in [0.29, 0.717) is 22.8 Å². The second kappa shape index (κ2) is 7.64. The Morgan fingerprint density at radius 3 is 2.38 bits per heavy atom. The van der Waals surface area contributed by atoms with Gasteiger partial charge >= 0.3 is 5.97 Å². The van der Waals surface area contributed by atoms with E-state index in [4.69, 9.17) is 24.0 Å². The number of para-hydroxylation sites is 1. The van der Waals surface area contributed by atoms with Crippen LogP contribution in [-0.2, 0) is 9.53 Å². The fraction of sp³-hybridized carbons (Fsp3) is 0.250. The smallest absolute Gasteiger partial charge is 0.337 e. The zero-order chi connectivity index (χ0) is 22.4. The number of esters is 1. The normalized spacial score (nSPS) is 16.8. The van der Waals surface area contributed by atoms with Gasteiger partial charge in [-0.15, -0.1) is 0 Å². The van der Waals surface area contributed by atoms with E-state index < -0.39 is 5.92 Å². The van der Waals surface area contributed by atoms with Crippen molar-refractivity contribution in [2.75, 3.05) is 33.3 Å². The number of anilines is 1. The van der Waals surface area contributed by atoms with Crippen molar-refractivity contribution in [3.8, 4) is 22.9 Å². The molecule has 2 aromatic carbocycles. The predicted molar refractivity (Wildman–Crippen MR) is 118 cm³/mol. The SMILES string of the molecule is COc1cc(C2C3=C(COC3=O)Nc3c2c(C)nn3-c2ccccc2)cc(OC)c1OC. The molecule has 3 aromatic rings. The highest BCUT2D eigenvalue weighted by Crippen LogP contribution is 2.49. The van der Waals surface area contributed by atoms with E-state index in [1.807, 2.05) is 54.1 Å². The molecule has 2 aliphatic rings. The molecule has 2 aliphatic heterocycles. The minimum absolute atomic E-state index is 0.188. The lowest BCUT2D eigenvalue weighted by Gasteiger charge is -2.26. The third-order valence-electron chi connectivity index (χ3n) is 5.87. The first-order valence-electron chi connectivity index (χ1n) is 10.2. The van der Waals surface area contributed by atoms with Crippen LogP contribution in [0.5, 0.6) is 17.2 Å². The summed E-state index contributed by atoms with van der Waals surface area (Å²) in [6.45, 7) is 2.13. The molecular weight excluding hydrogens is 410 g/mol. The van der Waals surface area contributed by atoms with Gasteiger partial charge in [-0.25, -0.2) is 9.48 Å². The second-order valence-corrected chi connectivity index (χ2v) is 7.58. The first-order chi connectivity index (χ1) is 15.6. The van der Waals surface area contributed by atoms with E-state index in [1.165, 1.54) is 0 Å². The Labute approximate surface area is 185 Å². The topological polar surface area (TPSA) is 83.8 Å². The molecule has 0 saturated heterocycles. The average molecular weight is 433 g/mol. The number of carbonyl (C=O) groups excluding carboxylic acids is 1. The molecule has 32 heavy (non-hydrogen) atoms. The van der Waals surface area contributed by atoms with Crippen LogP contribution in [0.3, 0.4) is 0 Å². The molecule has 3 heterocycles. The van der Waals surface area contributed by atoms with Crippen molar-refractivity contribution in [1.82, 2.24) is 9.78 Å². The predicted octanol–water partition coefficient (Wildman–Crippen LogP) is 3.57. The van der Waals surface area contributed by atoms with Gasteiger partial charge in [-0.1, -0.05) is 18.2 Å². The van der Waals surface area contributed by atoms with Gasteiger partial charge in [0.2, 0.25) is 5.75 Å². The molecule has 1 aromatic heterocycles. The van der Waals surface area contributed by atoms with E-state index in [9.17, 15) is 4.79 Å². The van der Waals surface area contributed by atoms with Gasteiger partial charge in [0.1, 0.15) is 12.4 Å². The van der Waals surface area contributed by atoms with E-state index in [-0.39, 0.29) is 12.6 Å². The van der Waals surface area contributed by atoms with Gasteiger partial charge < -0.3 is 24.3 Å². The molecule has 8 heteroatoms. The van der Waals surface area contributed by atoms with Gasteiger partial charge in [-0.2, -0.15) is 5.10 Å². The van der Waals surface area contributed by atoms with E-state index in [0.717, 1.165) is 34.0 Å². The van der Waals surface area contributed by atoms with Crippen LogP contribution in [0.4, 0.5) is 5.82 Å². The summed E-state index contributed by atoms with van der Waals surface area (Å²) in [7, 11) is 4.70. The zero-order valence-corrected chi connectivity index (χ0v) is 18.3. The Balaban J connectivity index is 1.76. The van der Waals surface area contributed by atoms with Crippen LogP contribution in [0.15, 0.2) is 53.7 Å². The summed E-state index contributed by atoms with van der Waals surface area (Å²) in [4.78, 5) is 12.8. The Morgan fingerprint density at radius 1 is 1.06 bits per heavy atom. The van der Waals surface area contributed by atoms with Crippen molar-refractivity contribution in [1.29, 1.82) is 0 Å². The summed E-state index contributed by atoms with van der Waals surface area (Å²) in [6.07, 6.45) is 0. The number of nitrogens with one attached hydrogen (secondary N) is 1. The molecule has 0 radical (unpaired) electrons. The first kappa shape index (κ1) is 20.0. The first-order valence-corrected chi connectivity index (χ1v) is 10.2. The quantitative estimate of drug-likeness (QED) is 0.616. The fourth-order valence-electron chi connectivity index (χ4n) is 4.46. The van der Waals surface area contributed by atoms with Crippen LogP contribution < -0.4 is 19.5 Å². The number of ether oxygens (including phenoxy) is 4. The van der Waals surface area contributed by atoms with Crippen molar-refractivity contribution < 1.29 is 23.7 Å². The highest BCUT2D eigenvalue weighted by atomic mass is 16.5. The largest absolute Gasteiger partial charge is 0.493 e. The Hall–Kier alpha value is -3.94.